The first-order valence-electron chi connectivity index (χ1n) is 5.78. The van der Waals surface area contributed by atoms with E-state index in [9.17, 15) is 0 Å². The van der Waals surface area contributed by atoms with E-state index in [4.69, 9.17) is 0 Å². The number of pyridine rings is 2. The van der Waals surface area contributed by atoms with Gasteiger partial charge in [0.2, 0.25) is 0 Å². The predicted octanol–water partition coefficient (Wildman–Crippen LogP) is 2.29. The molecule has 0 aliphatic heterocycles. The molecule has 0 spiro atoms. The highest BCUT2D eigenvalue weighted by Crippen LogP contribution is 2.20. The summed E-state index contributed by atoms with van der Waals surface area (Å²) < 4.78 is 0. The zero-order valence-electron chi connectivity index (χ0n) is 10.2. The summed E-state index contributed by atoms with van der Waals surface area (Å²) in [5.74, 6) is 0. The summed E-state index contributed by atoms with van der Waals surface area (Å²) in [4.78, 5) is 8.28. The van der Waals surface area contributed by atoms with E-state index in [1.165, 1.54) is 16.7 Å². The van der Waals surface area contributed by atoms with E-state index >= 15 is 0 Å². The van der Waals surface area contributed by atoms with Crippen LogP contribution in [0.1, 0.15) is 22.7 Å². The highest BCUT2D eigenvalue weighted by molar-refractivity contribution is 5.27. The van der Waals surface area contributed by atoms with Crippen LogP contribution in [-0.2, 0) is 6.42 Å². The van der Waals surface area contributed by atoms with E-state index in [-0.39, 0.29) is 0 Å². The molecule has 0 aliphatic rings. The maximum atomic E-state index is 4.15. The third-order valence-electron chi connectivity index (χ3n) is 2.95. The van der Waals surface area contributed by atoms with Crippen LogP contribution in [0.25, 0.3) is 0 Å². The third-order valence-corrected chi connectivity index (χ3v) is 2.95. The molecule has 1 unspecified atom stereocenters. The molecule has 0 bridgehead atoms. The lowest BCUT2D eigenvalue weighted by molar-refractivity contribution is 0.587. The van der Waals surface area contributed by atoms with Crippen molar-refractivity contribution < 1.29 is 0 Å². The van der Waals surface area contributed by atoms with Crippen molar-refractivity contribution >= 4 is 0 Å². The van der Waals surface area contributed by atoms with Crippen molar-refractivity contribution in [3.8, 4) is 0 Å². The molecule has 2 rings (SSSR count). The van der Waals surface area contributed by atoms with Crippen LogP contribution in [0.15, 0.2) is 43.0 Å². The Balaban J connectivity index is 2.21. The minimum atomic E-state index is 0.308. The molecule has 3 heteroatoms. The molecule has 0 amide bonds. The molecular weight excluding hydrogens is 210 g/mol. The van der Waals surface area contributed by atoms with Crippen LogP contribution in [-0.4, -0.2) is 17.0 Å². The van der Waals surface area contributed by atoms with Gasteiger partial charge in [0.05, 0.1) is 0 Å². The molecule has 17 heavy (non-hydrogen) atoms. The molecule has 0 fully saturated rings. The lowest BCUT2D eigenvalue weighted by Crippen LogP contribution is -2.20. The second kappa shape index (κ2) is 5.55. The summed E-state index contributed by atoms with van der Waals surface area (Å²) in [7, 11) is 1.99. The smallest absolute Gasteiger partial charge is 0.0362 e. The standard InChI is InChI=1S/C14H17N3/c1-11-9-17-7-5-13(11)14(15-2)8-12-4-3-6-16-10-12/h3-7,9-10,14-15H,8H2,1-2H3. The molecule has 88 valence electrons. The van der Waals surface area contributed by atoms with Crippen molar-refractivity contribution in [3.05, 3.63) is 59.7 Å². The number of aryl methyl sites for hydroxylation is 1. The number of hydrogen-bond donors (Lipinski definition) is 1. The molecule has 2 heterocycles. The number of rotatable bonds is 4. The average Bonchev–Trinajstić information content (AvgIpc) is 2.38. The zero-order valence-corrected chi connectivity index (χ0v) is 10.2. The Morgan fingerprint density at radius 1 is 1.18 bits per heavy atom. The van der Waals surface area contributed by atoms with Gasteiger partial charge >= 0.3 is 0 Å². The molecule has 0 saturated carbocycles. The molecule has 3 nitrogen and oxygen atoms in total. The van der Waals surface area contributed by atoms with Gasteiger partial charge in [0.1, 0.15) is 0 Å². The Morgan fingerprint density at radius 2 is 2.00 bits per heavy atom. The molecule has 0 radical (unpaired) electrons. The van der Waals surface area contributed by atoms with E-state index in [0.717, 1.165) is 6.42 Å². The summed E-state index contributed by atoms with van der Waals surface area (Å²) in [5, 5.41) is 3.35. The first-order valence-corrected chi connectivity index (χ1v) is 5.78. The van der Waals surface area contributed by atoms with E-state index in [1.54, 1.807) is 6.20 Å². The fraction of sp³-hybridized carbons (Fsp3) is 0.286. The molecule has 2 aromatic rings. The SMILES string of the molecule is CNC(Cc1cccnc1)c1ccncc1C. The minimum absolute atomic E-state index is 0.308. The van der Waals surface area contributed by atoms with Gasteiger partial charge in [-0.25, -0.2) is 0 Å². The van der Waals surface area contributed by atoms with Gasteiger partial charge in [0, 0.05) is 30.8 Å². The van der Waals surface area contributed by atoms with Crippen molar-refractivity contribution in [2.45, 2.75) is 19.4 Å². The second-order valence-electron chi connectivity index (χ2n) is 4.14. The largest absolute Gasteiger partial charge is 0.313 e. The van der Waals surface area contributed by atoms with Crippen molar-refractivity contribution in [2.75, 3.05) is 7.05 Å². The highest BCUT2D eigenvalue weighted by Gasteiger charge is 2.12. The van der Waals surface area contributed by atoms with Gasteiger partial charge in [-0.1, -0.05) is 6.07 Å². The zero-order chi connectivity index (χ0) is 12.1. The van der Waals surface area contributed by atoms with Crippen LogP contribution < -0.4 is 5.32 Å². The van der Waals surface area contributed by atoms with Gasteiger partial charge in [-0.15, -0.1) is 0 Å². The molecule has 1 N–H and O–H groups in total. The van der Waals surface area contributed by atoms with Gasteiger partial charge in [-0.05, 0) is 49.2 Å². The van der Waals surface area contributed by atoms with Gasteiger partial charge in [-0.2, -0.15) is 0 Å². The van der Waals surface area contributed by atoms with Crippen molar-refractivity contribution in [2.24, 2.45) is 0 Å². The van der Waals surface area contributed by atoms with E-state index in [1.807, 2.05) is 31.7 Å². The minimum Gasteiger partial charge on any atom is -0.313 e. The molecule has 2 aromatic heterocycles. The Labute approximate surface area is 102 Å². The fourth-order valence-electron chi connectivity index (χ4n) is 2.00. The third kappa shape index (κ3) is 2.88. The normalized spacial score (nSPS) is 12.4. The molecular formula is C14H17N3. The number of nitrogens with zero attached hydrogens (tertiary/aromatic N) is 2. The average molecular weight is 227 g/mol. The summed E-state index contributed by atoms with van der Waals surface area (Å²) in [5.41, 5.74) is 3.75. The van der Waals surface area contributed by atoms with Crippen molar-refractivity contribution in [1.29, 1.82) is 0 Å². The predicted molar refractivity (Wildman–Crippen MR) is 68.7 cm³/mol. The first-order chi connectivity index (χ1) is 8.31. The van der Waals surface area contributed by atoms with Gasteiger partial charge in [-0.3, -0.25) is 9.97 Å². The molecule has 0 saturated heterocycles. The Kier molecular flexibility index (Phi) is 3.83. The van der Waals surface area contributed by atoms with Crippen molar-refractivity contribution in [3.63, 3.8) is 0 Å². The Hall–Kier alpha value is -1.74. The summed E-state index contributed by atoms with van der Waals surface area (Å²) in [6.07, 6.45) is 8.41. The summed E-state index contributed by atoms with van der Waals surface area (Å²) in [6.45, 7) is 2.09. The maximum absolute atomic E-state index is 4.15. The van der Waals surface area contributed by atoms with Gasteiger partial charge in [0.15, 0.2) is 0 Å². The monoisotopic (exact) mass is 227 g/mol. The molecule has 0 aromatic carbocycles. The van der Waals surface area contributed by atoms with Crippen LogP contribution in [0.2, 0.25) is 0 Å². The Morgan fingerprint density at radius 3 is 2.65 bits per heavy atom. The van der Waals surface area contributed by atoms with Crippen LogP contribution in [0.3, 0.4) is 0 Å². The topological polar surface area (TPSA) is 37.8 Å². The molecule has 0 aliphatic carbocycles. The quantitative estimate of drug-likeness (QED) is 0.870. The number of nitrogens with one attached hydrogen (secondary N) is 1. The highest BCUT2D eigenvalue weighted by atomic mass is 14.9. The van der Waals surface area contributed by atoms with Gasteiger partial charge < -0.3 is 5.32 Å². The number of hydrogen-bond acceptors (Lipinski definition) is 3. The van der Waals surface area contributed by atoms with Crippen molar-refractivity contribution in [1.82, 2.24) is 15.3 Å². The van der Waals surface area contributed by atoms with Crippen LogP contribution in [0.5, 0.6) is 0 Å². The summed E-state index contributed by atoms with van der Waals surface area (Å²) >= 11 is 0. The van der Waals surface area contributed by atoms with E-state index < -0.39 is 0 Å². The van der Waals surface area contributed by atoms with Crippen LogP contribution >= 0.6 is 0 Å². The maximum Gasteiger partial charge on any atom is 0.0362 e. The summed E-state index contributed by atoms with van der Waals surface area (Å²) in [6, 6.07) is 6.46. The van der Waals surface area contributed by atoms with Gasteiger partial charge in [0.25, 0.3) is 0 Å². The number of likely N-dealkylation sites (N-methyl/N-ethyl adjacent to an activating group) is 1. The first kappa shape index (κ1) is 11.7. The Bertz CT molecular complexity index is 468. The van der Waals surface area contributed by atoms with Crippen LogP contribution in [0, 0.1) is 6.92 Å². The second-order valence-corrected chi connectivity index (χ2v) is 4.14. The van der Waals surface area contributed by atoms with Crippen LogP contribution in [0.4, 0.5) is 0 Å². The van der Waals surface area contributed by atoms with E-state index in [2.05, 4.69) is 34.3 Å². The number of aromatic nitrogens is 2. The molecule has 1 atom stereocenters. The lowest BCUT2D eigenvalue weighted by atomic mass is 9.98. The lowest BCUT2D eigenvalue weighted by Gasteiger charge is -2.18. The van der Waals surface area contributed by atoms with E-state index in [0.29, 0.717) is 6.04 Å². The fourth-order valence-corrected chi connectivity index (χ4v) is 2.00.